The van der Waals surface area contributed by atoms with E-state index in [0.717, 1.165) is 0 Å². The first-order valence-corrected chi connectivity index (χ1v) is 6.13. The standard InChI is InChI=1S/C10H13N5O2S/c1-10(2,3)7-6(15(16)17)8(11)14(13-7)9-12-4-5-18-9/h4-5H,11H2,1-3H3. The number of nitrogens with zero attached hydrogens (tertiary/aromatic N) is 4. The molecule has 18 heavy (non-hydrogen) atoms. The molecule has 2 aromatic heterocycles. The second-order valence-electron chi connectivity index (χ2n) is 4.82. The van der Waals surface area contributed by atoms with Gasteiger partial charge >= 0.3 is 5.69 Å². The van der Waals surface area contributed by atoms with E-state index in [1.807, 2.05) is 20.8 Å². The molecule has 8 heteroatoms. The Kier molecular flexibility index (Phi) is 2.81. The molecular formula is C10H13N5O2S. The maximum Gasteiger partial charge on any atom is 0.334 e. The predicted octanol–water partition coefficient (Wildman–Crippen LogP) is 2.12. The van der Waals surface area contributed by atoms with Crippen LogP contribution in [-0.4, -0.2) is 19.7 Å². The maximum atomic E-state index is 11.1. The van der Waals surface area contributed by atoms with Crippen molar-refractivity contribution in [3.8, 4) is 5.13 Å². The SMILES string of the molecule is CC(C)(C)c1nn(-c2nccs2)c(N)c1[N+](=O)[O-]. The largest absolute Gasteiger partial charge is 0.378 e. The van der Waals surface area contributed by atoms with Crippen LogP contribution in [0.4, 0.5) is 11.5 Å². The van der Waals surface area contributed by atoms with E-state index >= 15 is 0 Å². The van der Waals surface area contributed by atoms with Gasteiger partial charge in [-0.1, -0.05) is 20.8 Å². The molecule has 0 aliphatic rings. The molecule has 0 saturated heterocycles. The second kappa shape index (κ2) is 4.05. The fourth-order valence-corrected chi connectivity index (χ4v) is 2.18. The molecule has 0 amide bonds. The molecule has 2 aromatic rings. The lowest BCUT2D eigenvalue weighted by Gasteiger charge is -2.13. The first-order chi connectivity index (χ1) is 8.32. The summed E-state index contributed by atoms with van der Waals surface area (Å²) in [6, 6.07) is 0. The lowest BCUT2D eigenvalue weighted by molar-refractivity contribution is -0.385. The van der Waals surface area contributed by atoms with Crippen LogP contribution in [0.3, 0.4) is 0 Å². The molecule has 0 radical (unpaired) electrons. The van der Waals surface area contributed by atoms with E-state index in [4.69, 9.17) is 5.73 Å². The fraction of sp³-hybridized carbons (Fsp3) is 0.400. The Morgan fingerprint density at radius 1 is 1.50 bits per heavy atom. The molecule has 0 bridgehead atoms. The number of anilines is 1. The van der Waals surface area contributed by atoms with Crippen LogP contribution in [0.5, 0.6) is 0 Å². The van der Waals surface area contributed by atoms with Crippen molar-refractivity contribution in [1.29, 1.82) is 0 Å². The van der Waals surface area contributed by atoms with Crippen molar-refractivity contribution in [2.45, 2.75) is 26.2 Å². The molecule has 2 heterocycles. The Morgan fingerprint density at radius 2 is 2.17 bits per heavy atom. The fourth-order valence-electron chi connectivity index (χ4n) is 1.57. The summed E-state index contributed by atoms with van der Waals surface area (Å²) >= 11 is 1.32. The van der Waals surface area contributed by atoms with Crippen molar-refractivity contribution in [3.63, 3.8) is 0 Å². The number of thiazole rings is 1. The molecule has 0 aliphatic heterocycles. The minimum Gasteiger partial charge on any atom is -0.378 e. The molecule has 2 rings (SSSR count). The molecule has 7 nitrogen and oxygen atoms in total. The number of hydrogen-bond donors (Lipinski definition) is 1. The molecule has 0 spiro atoms. The lowest BCUT2D eigenvalue weighted by atomic mass is 9.91. The number of hydrogen-bond acceptors (Lipinski definition) is 6. The maximum absolute atomic E-state index is 11.1. The summed E-state index contributed by atoms with van der Waals surface area (Å²) in [6.07, 6.45) is 1.60. The van der Waals surface area contributed by atoms with E-state index in [1.165, 1.54) is 16.0 Å². The smallest absolute Gasteiger partial charge is 0.334 e. The highest BCUT2D eigenvalue weighted by atomic mass is 32.1. The van der Waals surface area contributed by atoms with E-state index in [1.54, 1.807) is 11.6 Å². The highest BCUT2D eigenvalue weighted by molar-refractivity contribution is 7.12. The molecule has 0 aliphatic carbocycles. The minimum absolute atomic E-state index is 0.0138. The first kappa shape index (κ1) is 12.5. The summed E-state index contributed by atoms with van der Waals surface area (Å²) in [5, 5.41) is 17.7. The number of nitro groups is 1. The van der Waals surface area contributed by atoms with Crippen molar-refractivity contribution in [3.05, 3.63) is 27.4 Å². The van der Waals surface area contributed by atoms with Crippen molar-refractivity contribution in [2.75, 3.05) is 5.73 Å². The molecule has 2 N–H and O–H groups in total. The monoisotopic (exact) mass is 267 g/mol. The second-order valence-corrected chi connectivity index (χ2v) is 5.69. The number of nitrogen functional groups attached to an aromatic ring is 1. The van der Waals surface area contributed by atoms with Crippen LogP contribution in [0.15, 0.2) is 11.6 Å². The Bertz CT molecular complexity index is 582. The van der Waals surface area contributed by atoms with E-state index in [-0.39, 0.29) is 11.5 Å². The van der Waals surface area contributed by atoms with Crippen LogP contribution in [0, 0.1) is 10.1 Å². The molecule has 0 aromatic carbocycles. The van der Waals surface area contributed by atoms with Gasteiger partial charge in [-0.2, -0.15) is 9.78 Å². The van der Waals surface area contributed by atoms with E-state index in [2.05, 4.69) is 10.1 Å². The zero-order valence-corrected chi connectivity index (χ0v) is 11.1. The van der Waals surface area contributed by atoms with Crippen LogP contribution >= 0.6 is 11.3 Å². The topological polar surface area (TPSA) is 99.9 Å². The van der Waals surface area contributed by atoms with Crippen molar-refractivity contribution in [2.24, 2.45) is 0 Å². The van der Waals surface area contributed by atoms with Gasteiger partial charge in [-0.25, -0.2) is 4.98 Å². The normalized spacial score (nSPS) is 11.7. The number of nitrogens with two attached hydrogens (primary N) is 1. The van der Waals surface area contributed by atoms with E-state index in [9.17, 15) is 10.1 Å². The van der Waals surface area contributed by atoms with Crippen molar-refractivity contribution < 1.29 is 4.92 Å². The van der Waals surface area contributed by atoms with Crippen molar-refractivity contribution in [1.82, 2.24) is 14.8 Å². The molecule has 0 fully saturated rings. The van der Waals surface area contributed by atoms with Gasteiger partial charge in [0.15, 0.2) is 0 Å². The van der Waals surface area contributed by atoms with Crippen LogP contribution in [0.1, 0.15) is 26.5 Å². The van der Waals surface area contributed by atoms with Gasteiger partial charge in [0.25, 0.3) is 0 Å². The average Bonchev–Trinajstić information content (AvgIpc) is 2.81. The Hall–Kier alpha value is -1.96. The van der Waals surface area contributed by atoms with E-state index < -0.39 is 10.3 Å². The van der Waals surface area contributed by atoms with Gasteiger partial charge in [-0.3, -0.25) is 10.1 Å². The zero-order valence-electron chi connectivity index (χ0n) is 10.2. The third-order valence-electron chi connectivity index (χ3n) is 2.39. The van der Waals surface area contributed by atoms with Gasteiger partial charge in [0, 0.05) is 17.0 Å². The lowest BCUT2D eigenvalue weighted by Crippen LogP contribution is -2.14. The molecule has 0 unspecified atom stereocenters. The van der Waals surface area contributed by atoms with Crippen LogP contribution in [-0.2, 0) is 5.41 Å². The summed E-state index contributed by atoms with van der Waals surface area (Å²) in [6.45, 7) is 5.57. The zero-order chi connectivity index (χ0) is 13.5. The van der Waals surface area contributed by atoms with Crippen LogP contribution in [0.2, 0.25) is 0 Å². The summed E-state index contributed by atoms with van der Waals surface area (Å²) in [4.78, 5) is 14.7. The highest BCUT2D eigenvalue weighted by Crippen LogP contribution is 2.36. The molecular weight excluding hydrogens is 254 g/mol. The van der Waals surface area contributed by atoms with Crippen molar-refractivity contribution >= 4 is 22.8 Å². The minimum atomic E-state index is -0.493. The van der Waals surface area contributed by atoms with Gasteiger partial charge in [-0.05, 0) is 0 Å². The third-order valence-corrected chi connectivity index (χ3v) is 3.14. The first-order valence-electron chi connectivity index (χ1n) is 5.25. The third kappa shape index (κ3) is 1.94. The summed E-state index contributed by atoms with van der Waals surface area (Å²) in [5.74, 6) is 0.0138. The molecule has 0 atom stereocenters. The quantitative estimate of drug-likeness (QED) is 0.663. The summed E-state index contributed by atoms with van der Waals surface area (Å²) in [5.41, 5.74) is 5.58. The van der Waals surface area contributed by atoms with E-state index in [0.29, 0.717) is 10.8 Å². The summed E-state index contributed by atoms with van der Waals surface area (Å²) in [7, 11) is 0. The number of rotatable bonds is 2. The Balaban J connectivity index is 2.69. The van der Waals surface area contributed by atoms with Gasteiger partial charge in [-0.15, -0.1) is 11.3 Å². The van der Waals surface area contributed by atoms with Gasteiger partial charge in [0.2, 0.25) is 10.9 Å². The molecule has 96 valence electrons. The Labute approximate surface area is 107 Å². The number of aromatic nitrogens is 3. The van der Waals surface area contributed by atoms with Gasteiger partial charge in [0.05, 0.1) is 4.92 Å². The predicted molar refractivity (Wildman–Crippen MR) is 69.0 cm³/mol. The highest BCUT2D eigenvalue weighted by Gasteiger charge is 2.34. The Morgan fingerprint density at radius 3 is 2.56 bits per heavy atom. The van der Waals surface area contributed by atoms with Gasteiger partial charge < -0.3 is 5.73 Å². The molecule has 0 saturated carbocycles. The average molecular weight is 267 g/mol. The summed E-state index contributed by atoms with van der Waals surface area (Å²) < 4.78 is 1.32. The van der Waals surface area contributed by atoms with Crippen LogP contribution < -0.4 is 5.73 Å². The van der Waals surface area contributed by atoms with Crippen LogP contribution in [0.25, 0.3) is 5.13 Å². The van der Waals surface area contributed by atoms with Gasteiger partial charge in [0.1, 0.15) is 5.69 Å².